The summed E-state index contributed by atoms with van der Waals surface area (Å²) in [5.41, 5.74) is 1.91. The number of aromatic nitrogens is 3. The summed E-state index contributed by atoms with van der Waals surface area (Å²) in [5, 5.41) is 9.85. The summed E-state index contributed by atoms with van der Waals surface area (Å²) in [6.45, 7) is 7.72. The number of aliphatic hydroxyl groups is 1. The van der Waals surface area contributed by atoms with Gasteiger partial charge in [0.25, 0.3) is 5.91 Å². The minimum absolute atomic E-state index is 0.0623. The molecule has 1 amide bonds. The summed E-state index contributed by atoms with van der Waals surface area (Å²) in [5.74, 6) is 0.823. The highest BCUT2D eigenvalue weighted by molar-refractivity contribution is 5.98. The van der Waals surface area contributed by atoms with Gasteiger partial charge in [-0.3, -0.25) is 4.79 Å². The molecule has 9 heteroatoms. The van der Waals surface area contributed by atoms with E-state index < -0.39 is 0 Å². The third-order valence-electron chi connectivity index (χ3n) is 6.82. The number of fused-ring (bicyclic) bond motifs is 1. The quantitative estimate of drug-likeness (QED) is 0.658. The van der Waals surface area contributed by atoms with Gasteiger partial charge in [-0.25, -0.2) is 15.0 Å². The molecule has 0 unspecified atom stereocenters. The Morgan fingerprint density at radius 2 is 1.91 bits per heavy atom. The summed E-state index contributed by atoms with van der Waals surface area (Å²) in [6.07, 6.45) is 8.55. The molecule has 2 aromatic heterocycles. The van der Waals surface area contributed by atoms with E-state index in [1.807, 2.05) is 6.92 Å². The second kappa shape index (κ2) is 11.2. The monoisotopic (exact) mass is 469 g/mol. The third-order valence-corrected chi connectivity index (χ3v) is 6.82. The van der Waals surface area contributed by atoms with E-state index in [0.29, 0.717) is 23.9 Å². The number of hydrogen-bond acceptors (Lipinski definition) is 8. The van der Waals surface area contributed by atoms with Crippen LogP contribution in [0.3, 0.4) is 0 Å². The summed E-state index contributed by atoms with van der Waals surface area (Å²) >= 11 is 0. The number of rotatable bonds is 7. The van der Waals surface area contributed by atoms with Crippen molar-refractivity contribution in [2.24, 2.45) is 11.8 Å². The highest BCUT2D eigenvalue weighted by Crippen LogP contribution is 2.30. The molecule has 184 valence electrons. The number of ether oxygens (including phenoxy) is 2. The molecule has 0 bridgehead atoms. The van der Waals surface area contributed by atoms with Gasteiger partial charge in [0.2, 0.25) is 5.88 Å². The van der Waals surface area contributed by atoms with Crippen molar-refractivity contribution in [3.05, 3.63) is 36.5 Å². The summed E-state index contributed by atoms with van der Waals surface area (Å²) in [6, 6.07) is 1.48. The van der Waals surface area contributed by atoms with E-state index in [-0.39, 0.29) is 30.6 Å². The molecule has 4 rings (SSSR count). The van der Waals surface area contributed by atoms with E-state index in [0.717, 1.165) is 50.3 Å². The minimum Gasteiger partial charge on any atom is -0.472 e. The van der Waals surface area contributed by atoms with Crippen molar-refractivity contribution in [2.45, 2.75) is 38.8 Å². The van der Waals surface area contributed by atoms with E-state index in [2.05, 4.69) is 33.8 Å². The van der Waals surface area contributed by atoms with Crippen molar-refractivity contribution in [2.75, 3.05) is 46.5 Å². The topological polar surface area (TPSA) is 101 Å². The molecule has 0 aliphatic carbocycles. The Morgan fingerprint density at radius 1 is 1.18 bits per heavy atom. The molecule has 0 aromatic carbocycles. The maximum absolute atomic E-state index is 13.6. The van der Waals surface area contributed by atoms with Crippen LogP contribution in [0.1, 0.15) is 37.0 Å². The molecule has 9 nitrogen and oxygen atoms in total. The van der Waals surface area contributed by atoms with Gasteiger partial charge in [-0.05, 0) is 38.8 Å². The maximum atomic E-state index is 13.6. The van der Waals surface area contributed by atoms with E-state index in [1.54, 1.807) is 29.6 Å². The van der Waals surface area contributed by atoms with Crippen LogP contribution < -0.4 is 4.74 Å². The van der Waals surface area contributed by atoms with Gasteiger partial charge >= 0.3 is 0 Å². The number of likely N-dealkylation sites (N-methyl/N-ethyl adjacent to an activating group) is 1. The molecule has 1 saturated heterocycles. The second-order valence-corrected chi connectivity index (χ2v) is 9.60. The number of amides is 1. The van der Waals surface area contributed by atoms with Crippen LogP contribution >= 0.6 is 0 Å². The molecule has 2 aromatic rings. The summed E-state index contributed by atoms with van der Waals surface area (Å²) < 4.78 is 11.9. The fourth-order valence-corrected chi connectivity index (χ4v) is 4.68. The van der Waals surface area contributed by atoms with Crippen molar-refractivity contribution in [1.82, 2.24) is 24.8 Å². The Kier molecular flexibility index (Phi) is 8.07. The van der Waals surface area contributed by atoms with Crippen LogP contribution in [-0.4, -0.2) is 94.4 Å². The SMILES string of the molecule is C[C@@H]1CN([C@@H](C)CO)C(=O)c2cc(-c3cncnc3)cnc2O[C@@H]1CN(C)CC1CCOCC1. The zero-order valence-electron chi connectivity index (χ0n) is 20.3. The van der Waals surface area contributed by atoms with Gasteiger partial charge < -0.3 is 24.4 Å². The van der Waals surface area contributed by atoms with E-state index >= 15 is 0 Å². The number of carbonyl (C=O) groups excluding carboxylic acids is 1. The summed E-state index contributed by atoms with van der Waals surface area (Å²) in [4.78, 5) is 30.3. The van der Waals surface area contributed by atoms with Crippen molar-refractivity contribution in [3.63, 3.8) is 0 Å². The van der Waals surface area contributed by atoms with E-state index in [4.69, 9.17) is 9.47 Å². The lowest BCUT2D eigenvalue weighted by atomic mass is 9.97. The van der Waals surface area contributed by atoms with Crippen molar-refractivity contribution >= 4 is 5.91 Å². The Morgan fingerprint density at radius 3 is 2.62 bits per heavy atom. The van der Waals surface area contributed by atoms with Crippen LogP contribution in [0, 0.1) is 11.8 Å². The predicted molar refractivity (Wildman–Crippen MR) is 127 cm³/mol. The smallest absolute Gasteiger partial charge is 0.259 e. The van der Waals surface area contributed by atoms with Crippen LogP contribution in [0.15, 0.2) is 31.0 Å². The van der Waals surface area contributed by atoms with Gasteiger partial charge in [0.05, 0.1) is 12.6 Å². The van der Waals surface area contributed by atoms with Gasteiger partial charge in [-0.2, -0.15) is 0 Å². The Bertz CT molecular complexity index is 954. The molecule has 0 spiro atoms. The third kappa shape index (κ3) is 5.71. The van der Waals surface area contributed by atoms with Crippen LogP contribution in [0.2, 0.25) is 0 Å². The van der Waals surface area contributed by atoms with Gasteiger partial charge in [-0.1, -0.05) is 6.92 Å². The number of pyridine rings is 1. The number of hydrogen-bond donors (Lipinski definition) is 1. The Hall–Kier alpha value is -2.62. The number of aliphatic hydroxyl groups excluding tert-OH is 1. The molecule has 1 N–H and O–H groups in total. The van der Waals surface area contributed by atoms with Gasteiger partial charge in [0.15, 0.2) is 0 Å². The summed E-state index contributed by atoms with van der Waals surface area (Å²) in [7, 11) is 2.12. The lowest BCUT2D eigenvalue weighted by molar-refractivity contribution is 0.0254. The first kappa shape index (κ1) is 24.5. The highest BCUT2D eigenvalue weighted by atomic mass is 16.5. The van der Waals surface area contributed by atoms with Crippen LogP contribution in [0.4, 0.5) is 0 Å². The first-order valence-electron chi connectivity index (χ1n) is 12.1. The predicted octanol–water partition coefficient (Wildman–Crippen LogP) is 2.12. The molecule has 0 saturated carbocycles. The number of carbonyl (C=O) groups is 1. The molecule has 2 aliphatic rings. The van der Waals surface area contributed by atoms with E-state index in [9.17, 15) is 9.90 Å². The maximum Gasteiger partial charge on any atom is 0.259 e. The number of nitrogens with zero attached hydrogens (tertiary/aromatic N) is 5. The standard InChI is InChI=1S/C25H35N5O4/c1-17-12-30(18(2)15-31)25(32)22-8-20(21-9-26-16-27-10-21)11-28-24(22)34-23(17)14-29(3)13-19-4-6-33-7-5-19/h8-11,16-19,23,31H,4-7,12-15H2,1-3H3/t17-,18+,23-/m1/s1. The minimum atomic E-state index is -0.315. The molecule has 0 radical (unpaired) electrons. The molecular formula is C25H35N5O4. The molecule has 2 aliphatic heterocycles. The van der Waals surface area contributed by atoms with Crippen molar-refractivity contribution in [3.8, 4) is 17.0 Å². The average molecular weight is 470 g/mol. The fraction of sp³-hybridized carbons (Fsp3) is 0.600. The van der Waals surface area contributed by atoms with Gasteiger partial charge in [0, 0.05) is 68.5 Å². The van der Waals surface area contributed by atoms with Crippen LogP contribution in [0.5, 0.6) is 5.88 Å². The zero-order chi connectivity index (χ0) is 24.1. The lowest BCUT2D eigenvalue weighted by Gasteiger charge is -2.38. The first-order valence-corrected chi connectivity index (χ1v) is 12.1. The first-order chi connectivity index (χ1) is 16.5. The van der Waals surface area contributed by atoms with Gasteiger partial charge in [0.1, 0.15) is 18.0 Å². The average Bonchev–Trinajstić information content (AvgIpc) is 2.86. The molecule has 1 fully saturated rings. The molecule has 34 heavy (non-hydrogen) atoms. The van der Waals surface area contributed by atoms with E-state index in [1.165, 1.54) is 6.33 Å². The lowest BCUT2D eigenvalue weighted by Crippen LogP contribution is -2.50. The normalized spacial score (nSPS) is 22.6. The van der Waals surface area contributed by atoms with Crippen LogP contribution in [-0.2, 0) is 4.74 Å². The molecule has 4 heterocycles. The second-order valence-electron chi connectivity index (χ2n) is 9.60. The zero-order valence-corrected chi connectivity index (χ0v) is 20.3. The fourth-order valence-electron chi connectivity index (χ4n) is 4.68. The van der Waals surface area contributed by atoms with Crippen molar-refractivity contribution < 1.29 is 19.4 Å². The Labute approximate surface area is 201 Å². The molecular weight excluding hydrogens is 434 g/mol. The highest BCUT2D eigenvalue weighted by Gasteiger charge is 2.34. The van der Waals surface area contributed by atoms with Gasteiger partial charge in [-0.15, -0.1) is 0 Å². The largest absolute Gasteiger partial charge is 0.472 e. The molecule has 3 atom stereocenters. The van der Waals surface area contributed by atoms with Crippen molar-refractivity contribution in [1.29, 1.82) is 0 Å². The Balaban J connectivity index is 1.61. The van der Waals surface area contributed by atoms with Crippen LogP contribution in [0.25, 0.3) is 11.1 Å².